The van der Waals surface area contributed by atoms with Crippen LogP contribution in [0.25, 0.3) is 0 Å². The fraction of sp³-hybridized carbons (Fsp3) is 0.778. The highest BCUT2D eigenvalue weighted by molar-refractivity contribution is 6.50. The third-order valence-electron chi connectivity index (χ3n) is 2.06. The molecule has 0 aromatic rings. The van der Waals surface area contributed by atoms with Gasteiger partial charge >= 0.3 is 8.68 Å². The summed E-state index contributed by atoms with van der Waals surface area (Å²) in [5.74, 6) is 0. The van der Waals surface area contributed by atoms with Crippen LogP contribution in [0.5, 0.6) is 0 Å². The summed E-state index contributed by atoms with van der Waals surface area (Å²) >= 11 is 0. The fourth-order valence-corrected chi connectivity index (χ4v) is 1.23. The van der Waals surface area contributed by atoms with E-state index in [-0.39, 0.29) is 1.43 Å². The Hall–Kier alpha value is -0.875. The third-order valence-corrected chi connectivity index (χ3v) is 2.06. The maximum absolute atomic E-state index is 9.75. The highest BCUT2D eigenvalue weighted by Gasteiger charge is 2.20. The highest BCUT2D eigenvalue weighted by Crippen LogP contribution is 2.07. The largest absolute Gasteiger partial charge is 1.00 e. The maximum atomic E-state index is 9.75. The van der Waals surface area contributed by atoms with E-state index in [1.165, 1.54) is 19.4 Å². The molecule has 0 bridgehead atoms. The van der Waals surface area contributed by atoms with Gasteiger partial charge in [-0.25, -0.2) is 0 Å². The molecule has 7 heteroatoms. The Labute approximate surface area is 95.5 Å². The van der Waals surface area contributed by atoms with Crippen LogP contribution >= 0.6 is 0 Å². The van der Waals surface area contributed by atoms with Crippen LogP contribution in [0.3, 0.4) is 0 Å². The Bertz CT molecular complexity index is 208. The van der Waals surface area contributed by atoms with Gasteiger partial charge in [-0.1, -0.05) is 13.3 Å². The zero-order valence-electron chi connectivity index (χ0n) is 10.7. The summed E-state index contributed by atoms with van der Waals surface area (Å²) in [4.78, 5) is 4.68. The zero-order chi connectivity index (χ0) is 12.6. The molecule has 0 saturated heterocycles. The number of nitrogens with zero attached hydrogens (tertiary/aromatic N) is 2. The van der Waals surface area contributed by atoms with E-state index in [1.807, 2.05) is 0 Å². The van der Waals surface area contributed by atoms with Crippen molar-refractivity contribution in [1.29, 1.82) is 0 Å². The molecule has 0 atom stereocenters. The molecule has 0 radical (unpaired) electrons. The number of hydrogen-bond donors (Lipinski definition) is 0. The van der Waals surface area contributed by atoms with Crippen LogP contribution in [-0.2, 0) is 0 Å². The van der Waals surface area contributed by atoms with Gasteiger partial charge in [-0.15, -0.1) is 0 Å². The molecule has 0 aliphatic carbocycles. The summed E-state index contributed by atoms with van der Waals surface area (Å²) in [5.41, 5.74) is 0. The molecule has 2 nitrogen and oxygen atoms in total. The average molecular weight is 242 g/mol. The molecule has 1 aliphatic heterocycles. The van der Waals surface area contributed by atoms with Gasteiger partial charge in [0.2, 0.25) is 0 Å². The Morgan fingerprint density at radius 3 is 2.00 bits per heavy atom. The maximum Gasteiger partial charge on any atom is 1.00 e. The van der Waals surface area contributed by atoms with Crippen LogP contribution in [0.15, 0.2) is 12.4 Å². The van der Waals surface area contributed by atoms with E-state index in [1.54, 1.807) is 0 Å². The highest BCUT2D eigenvalue weighted by atomic mass is 19.5. The minimum atomic E-state index is -6.00. The van der Waals surface area contributed by atoms with Crippen molar-refractivity contribution < 1.29 is 18.7 Å². The lowest BCUT2D eigenvalue weighted by atomic mass is 10.3. The molecule has 0 unspecified atom stereocenters. The minimum absolute atomic E-state index is 0. The van der Waals surface area contributed by atoms with Crippen molar-refractivity contribution in [2.24, 2.45) is 0 Å². The van der Waals surface area contributed by atoms with Crippen molar-refractivity contribution in [3.05, 3.63) is 12.4 Å². The molecule has 1 aliphatic rings. The van der Waals surface area contributed by atoms with Crippen LogP contribution < -0.4 is 0 Å². The molecule has 0 aromatic carbocycles. The normalized spacial score (nSPS) is 15.1. The molecule has 16 heavy (non-hydrogen) atoms. The molecule has 96 valence electrons. The SMILES string of the molecule is CCCCN1C=CN(CC)C1.F[B-](F)(F)F.[H+]. The summed E-state index contributed by atoms with van der Waals surface area (Å²) in [5, 5.41) is 0. The summed E-state index contributed by atoms with van der Waals surface area (Å²) in [6, 6.07) is 0. The molecule has 0 saturated carbocycles. The molecule has 0 aromatic heterocycles. The van der Waals surface area contributed by atoms with Gasteiger partial charge in [-0.05, 0) is 13.3 Å². The van der Waals surface area contributed by atoms with E-state index >= 15 is 0 Å². The minimum Gasteiger partial charge on any atom is -0.418 e. The van der Waals surface area contributed by atoms with Gasteiger partial charge in [0.05, 0.1) is 6.67 Å². The molecule has 0 N–H and O–H groups in total. The Morgan fingerprint density at radius 1 is 1.12 bits per heavy atom. The van der Waals surface area contributed by atoms with Crippen LogP contribution in [0.1, 0.15) is 28.1 Å². The third kappa shape index (κ3) is 9.67. The van der Waals surface area contributed by atoms with Gasteiger partial charge < -0.3 is 27.1 Å². The second kappa shape index (κ2) is 7.41. The van der Waals surface area contributed by atoms with E-state index in [4.69, 9.17) is 0 Å². The number of hydrogen-bond acceptors (Lipinski definition) is 2. The molecule has 0 amide bonds. The van der Waals surface area contributed by atoms with Gasteiger partial charge in [0.25, 0.3) is 0 Å². The van der Waals surface area contributed by atoms with Gasteiger partial charge in [0, 0.05) is 25.5 Å². The van der Waals surface area contributed by atoms with E-state index in [0.717, 1.165) is 13.2 Å². The van der Waals surface area contributed by atoms with E-state index < -0.39 is 7.25 Å². The lowest BCUT2D eigenvalue weighted by Crippen LogP contribution is -2.25. The zero-order valence-corrected chi connectivity index (χ0v) is 9.67. The lowest BCUT2D eigenvalue weighted by Gasteiger charge is -2.19. The molecular formula is C9H19BF4N2. The quantitative estimate of drug-likeness (QED) is 0.551. The average Bonchev–Trinajstić information content (AvgIpc) is 2.59. The first-order valence-electron chi connectivity index (χ1n) is 5.40. The van der Waals surface area contributed by atoms with Crippen molar-refractivity contribution >= 4 is 7.25 Å². The van der Waals surface area contributed by atoms with Crippen LogP contribution in [-0.4, -0.2) is 36.8 Å². The smallest absolute Gasteiger partial charge is 0.418 e. The molecule has 0 fully saturated rings. The first-order valence-corrected chi connectivity index (χ1v) is 5.40. The van der Waals surface area contributed by atoms with Crippen molar-refractivity contribution in [3.63, 3.8) is 0 Å². The summed E-state index contributed by atoms with van der Waals surface area (Å²) < 4.78 is 39.0. The standard InChI is InChI=1S/C9H18N2.BF4/c1-3-5-6-11-8-7-10(4-2)9-11;2-1(3,4)5/h7-8H,3-6,9H2,1-2H3;/q;-1/p+1. The predicted octanol–water partition coefficient (Wildman–Crippen LogP) is 3.27. The van der Waals surface area contributed by atoms with E-state index in [9.17, 15) is 17.3 Å². The summed E-state index contributed by atoms with van der Waals surface area (Å²) in [6.07, 6.45) is 6.97. The Kier molecular flexibility index (Phi) is 7.00. The molecule has 1 rings (SSSR count). The second-order valence-electron chi connectivity index (χ2n) is 3.51. The predicted molar refractivity (Wildman–Crippen MR) is 59.3 cm³/mol. The van der Waals surface area contributed by atoms with Crippen LogP contribution in [0.4, 0.5) is 17.3 Å². The van der Waals surface area contributed by atoms with Gasteiger partial charge in [-0.2, -0.15) is 0 Å². The summed E-state index contributed by atoms with van der Waals surface area (Å²) in [6.45, 7) is 7.85. The van der Waals surface area contributed by atoms with Gasteiger partial charge in [-0.3, -0.25) is 0 Å². The van der Waals surface area contributed by atoms with Crippen LogP contribution in [0, 0.1) is 0 Å². The van der Waals surface area contributed by atoms with Gasteiger partial charge in [0.1, 0.15) is 0 Å². The molecule has 0 spiro atoms. The number of unbranched alkanes of at least 4 members (excludes halogenated alkanes) is 1. The first kappa shape index (κ1) is 15.1. The van der Waals surface area contributed by atoms with Crippen molar-refractivity contribution in [3.8, 4) is 0 Å². The first-order chi connectivity index (χ1) is 7.36. The van der Waals surface area contributed by atoms with E-state index in [2.05, 4.69) is 36.0 Å². The van der Waals surface area contributed by atoms with Gasteiger partial charge in [0.15, 0.2) is 0 Å². The van der Waals surface area contributed by atoms with E-state index in [0.29, 0.717) is 0 Å². The number of halogens is 4. The van der Waals surface area contributed by atoms with Crippen molar-refractivity contribution in [2.45, 2.75) is 26.7 Å². The molecule has 1 heterocycles. The number of rotatable bonds is 4. The molecular weight excluding hydrogens is 223 g/mol. The van der Waals surface area contributed by atoms with Crippen LogP contribution in [0.2, 0.25) is 0 Å². The monoisotopic (exact) mass is 242 g/mol. The fourth-order valence-electron chi connectivity index (χ4n) is 1.23. The van der Waals surface area contributed by atoms with Crippen molar-refractivity contribution in [2.75, 3.05) is 19.8 Å². The summed E-state index contributed by atoms with van der Waals surface area (Å²) in [7, 11) is -6.00. The second-order valence-corrected chi connectivity index (χ2v) is 3.51. The lowest BCUT2D eigenvalue weighted by molar-refractivity contribution is 0.270. The Balaban J connectivity index is 0. The van der Waals surface area contributed by atoms with Crippen molar-refractivity contribution in [1.82, 2.24) is 9.80 Å². The topological polar surface area (TPSA) is 6.48 Å². The Morgan fingerprint density at radius 2 is 1.62 bits per heavy atom.